The molecule has 0 radical (unpaired) electrons. The molecule has 1 aliphatic heterocycles. The van der Waals surface area contributed by atoms with Crippen LogP contribution >= 0.6 is 0 Å². The minimum atomic E-state index is -1.12. The van der Waals surface area contributed by atoms with Crippen molar-refractivity contribution in [1.82, 2.24) is 4.90 Å². The van der Waals surface area contributed by atoms with Gasteiger partial charge in [-0.3, -0.25) is 4.99 Å². The number of carbonyl (C=O) groups is 1. The molecule has 1 aliphatic rings. The summed E-state index contributed by atoms with van der Waals surface area (Å²) >= 11 is 0. The van der Waals surface area contributed by atoms with Crippen molar-refractivity contribution >= 4 is 18.0 Å². The van der Waals surface area contributed by atoms with E-state index in [1.165, 1.54) is 0 Å². The smallest absolute Gasteiger partial charge is 0.368 e. The number of benzene rings is 2. The third-order valence-corrected chi connectivity index (χ3v) is 4.12. The van der Waals surface area contributed by atoms with Crippen LogP contribution in [0.25, 0.3) is 0 Å². The molecule has 0 aliphatic carbocycles. The van der Waals surface area contributed by atoms with E-state index in [9.17, 15) is 4.79 Å². The topological polar surface area (TPSA) is 54.3 Å². The second-order valence-corrected chi connectivity index (χ2v) is 6.24. The Balaban J connectivity index is 1.97. The van der Waals surface area contributed by atoms with Crippen molar-refractivity contribution in [2.75, 3.05) is 14.1 Å². The average Bonchev–Trinajstić information content (AvgIpc) is 2.96. The molecular formula is C20H21N3O2. The van der Waals surface area contributed by atoms with E-state index >= 15 is 0 Å². The van der Waals surface area contributed by atoms with Crippen LogP contribution in [0.5, 0.6) is 0 Å². The summed E-state index contributed by atoms with van der Waals surface area (Å²) in [6.45, 7) is 0. The van der Waals surface area contributed by atoms with E-state index < -0.39 is 11.5 Å². The molecule has 0 bridgehead atoms. The largest absolute Gasteiger partial charge is 0.369 e. The Hall–Kier alpha value is -2.95. The summed E-state index contributed by atoms with van der Waals surface area (Å²) in [6, 6.07) is 19.6. The van der Waals surface area contributed by atoms with E-state index in [4.69, 9.17) is 4.84 Å². The highest BCUT2D eigenvalue weighted by Gasteiger charge is 2.50. The van der Waals surface area contributed by atoms with Crippen LogP contribution in [0.4, 0.5) is 0 Å². The fourth-order valence-corrected chi connectivity index (χ4v) is 2.81. The van der Waals surface area contributed by atoms with Crippen LogP contribution in [-0.4, -0.2) is 42.6 Å². The van der Waals surface area contributed by atoms with Gasteiger partial charge in [0, 0.05) is 19.7 Å². The first-order valence-electron chi connectivity index (χ1n) is 8.23. The first kappa shape index (κ1) is 16.9. The Morgan fingerprint density at radius 1 is 1.08 bits per heavy atom. The normalized spacial score (nSPS) is 19.8. The molecule has 0 fully saturated rings. The van der Waals surface area contributed by atoms with E-state index in [1.807, 2.05) is 74.8 Å². The van der Waals surface area contributed by atoms with Gasteiger partial charge in [0.1, 0.15) is 5.71 Å². The van der Waals surface area contributed by atoms with Crippen molar-refractivity contribution in [3.63, 3.8) is 0 Å². The van der Waals surface area contributed by atoms with Gasteiger partial charge in [-0.15, -0.1) is 0 Å². The van der Waals surface area contributed by atoms with E-state index in [2.05, 4.69) is 10.1 Å². The number of oxime groups is 1. The predicted molar refractivity (Wildman–Crippen MR) is 98.7 cm³/mol. The van der Waals surface area contributed by atoms with Gasteiger partial charge in [-0.05, 0) is 18.4 Å². The van der Waals surface area contributed by atoms with Gasteiger partial charge in [0.15, 0.2) is 0 Å². The standard InChI is InChI=1S/C20H21N3O2/c1-23(2)15-21-20(14-13-16-9-5-3-6-10-16)18(22-25-19(20)24)17-11-7-4-8-12-17/h3-12,15H,13-14H2,1-2H3. The molecule has 2 aromatic rings. The Kier molecular flexibility index (Phi) is 4.93. The minimum absolute atomic E-state index is 0.430. The van der Waals surface area contributed by atoms with Crippen LogP contribution in [0.15, 0.2) is 70.8 Å². The average molecular weight is 335 g/mol. The molecule has 0 amide bonds. The SMILES string of the molecule is CN(C)C=NC1(CCc2ccccc2)C(=O)ON=C1c1ccccc1. The molecule has 3 rings (SSSR count). The van der Waals surface area contributed by atoms with Crippen molar-refractivity contribution < 1.29 is 9.63 Å². The number of rotatable bonds is 6. The molecule has 0 aromatic heterocycles. The van der Waals surface area contributed by atoms with Gasteiger partial charge in [-0.2, -0.15) is 0 Å². The lowest BCUT2D eigenvalue weighted by molar-refractivity contribution is -0.144. The number of hydrogen-bond donors (Lipinski definition) is 0. The number of aliphatic imine (C=N–C) groups is 1. The Morgan fingerprint density at radius 3 is 2.36 bits per heavy atom. The molecule has 5 heteroatoms. The van der Waals surface area contributed by atoms with E-state index in [-0.39, 0.29) is 0 Å². The minimum Gasteiger partial charge on any atom is -0.369 e. The van der Waals surface area contributed by atoms with Crippen LogP contribution in [0, 0.1) is 0 Å². The molecule has 0 saturated heterocycles. The summed E-state index contributed by atoms with van der Waals surface area (Å²) in [5.74, 6) is -0.430. The lowest BCUT2D eigenvalue weighted by atomic mass is 9.84. The van der Waals surface area contributed by atoms with Crippen LogP contribution < -0.4 is 0 Å². The maximum atomic E-state index is 12.6. The molecule has 5 nitrogen and oxygen atoms in total. The fraction of sp³-hybridized carbons (Fsp3) is 0.250. The molecule has 1 heterocycles. The lowest BCUT2D eigenvalue weighted by Gasteiger charge is -2.23. The quantitative estimate of drug-likeness (QED) is 0.463. The van der Waals surface area contributed by atoms with Crippen LogP contribution in [0.3, 0.4) is 0 Å². The van der Waals surface area contributed by atoms with Gasteiger partial charge in [-0.25, -0.2) is 4.79 Å². The predicted octanol–water partition coefficient (Wildman–Crippen LogP) is 2.91. The summed E-state index contributed by atoms with van der Waals surface area (Å²) in [5.41, 5.74) is 1.43. The first-order chi connectivity index (χ1) is 12.1. The number of nitrogens with zero attached hydrogens (tertiary/aromatic N) is 3. The van der Waals surface area contributed by atoms with Gasteiger partial charge < -0.3 is 9.74 Å². The van der Waals surface area contributed by atoms with Crippen LogP contribution in [0.2, 0.25) is 0 Å². The van der Waals surface area contributed by atoms with Gasteiger partial charge in [0.25, 0.3) is 0 Å². The highest BCUT2D eigenvalue weighted by molar-refractivity contribution is 6.22. The zero-order chi connectivity index (χ0) is 17.7. The number of carbonyl (C=O) groups excluding carboxylic acids is 1. The number of hydrogen-bond acceptors (Lipinski definition) is 4. The maximum absolute atomic E-state index is 12.6. The molecule has 2 aromatic carbocycles. The molecule has 0 N–H and O–H groups in total. The van der Waals surface area contributed by atoms with Gasteiger partial charge in [0.05, 0.1) is 6.34 Å². The van der Waals surface area contributed by atoms with Crippen molar-refractivity contribution in [3.8, 4) is 0 Å². The van der Waals surface area contributed by atoms with E-state index in [0.717, 1.165) is 11.1 Å². The second-order valence-electron chi connectivity index (χ2n) is 6.24. The lowest BCUT2D eigenvalue weighted by Crippen LogP contribution is -2.43. The Bertz CT molecular complexity index is 785. The molecule has 0 saturated carbocycles. The highest BCUT2D eigenvalue weighted by atomic mass is 16.7. The summed E-state index contributed by atoms with van der Waals surface area (Å²) in [4.78, 5) is 24.1. The van der Waals surface area contributed by atoms with Crippen molar-refractivity contribution in [2.45, 2.75) is 18.4 Å². The van der Waals surface area contributed by atoms with Gasteiger partial charge in [0.2, 0.25) is 5.54 Å². The third-order valence-electron chi connectivity index (χ3n) is 4.12. The zero-order valence-corrected chi connectivity index (χ0v) is 14.4. The Morgan fingerprint density at radius 2 is 1.72 bits per heavy atom. The van der Waals surface area contributed by atoms with Crippen molar-refractivity contribution in [1.29, 1.82) is 0 Å². The number of aryl methyl sites for hydroxylation is 1. The molecule has 25 heavy (non-hydrogen) atoms. The fourth-order valence-electron chi connectivity index (χ4n) is 2.81. The third kappa shape index (κ3) is 3.60. The van der Waals surface area contributed by atoms with Gasteiger partial charge >= 0.3 is 5.97 Å². The van der Waals surface area contributed by atoms with Crippen LogP contribution in [-0.2, 0) is 16.1 Å². The Labute approximate surface area is 147 Å². The molecule has 1 atom stereocenters. The van der Waals surface area contributed by atoms with Crippen LogP contribution in [0.1, 0.15) is 17.5 Å². The molecular weight excluding hydrogens is 314 g/mol. The molecule has 128 valence electrons. The highest BCUT2D eigenvalue weighted by Crippen LogP contribution is 2.31. The zero-order valence-electron chi connectivity index (χ0n) is 14.4. The van der Waals surface area contributed by atoms with Crippen molar-refractivity contribution in [3.05, 3.63) is 71.8 Å². The van der Waals surface area contributed by atoms with Crippen molar-refractivity contribution in [2.24, 2.45) is 10.1 Å². The summed E-state index contributed by atoms with van der Waals surface area (Å²) < 4.78 is 0. The van der Waals surface area contributed by atoms with E-state index in [1.54, 1.807) is 11.2 Å². The monoisotopic (exact) mass is 335 g/mol. The van der Waals surface area contributed by atoms with E-state index in [0.29, 0.717) is 18.6 Å². The maximum Gasteiger partial charge on any atom is 0.368 e. The summed E-state index contributed by atoms with van der Waals surface area (Å²) in [6.07, 6.45) is 2.84. The molecule has 1 unspecified atom stereocenters. The summed E-state index contributed by atoms with van der Waals surface area (Å²) in [7, 11) is 3.74. The second kappa shape index (κ2) is 7.30. The molecule has 0 spiro atoms. The van der Waals surface area contributed by atoms with Gasteiger partial charge in [-0.1, -0.05) is 65.8 Å². The first-order valence-corrected chi connectivity index (χ1v) is 8.23. The summed E-state index contributed by atoms with van der Waals surface area (Å²) in [5, 5.41) is 4.07.